The Morgan fingerprint density at radius 3 is 2.84 bits per heavy atom. The lowest BCUT2D eigenvalue weighted by molar-refractivity contribution is -0.115. The van der Waals surface area contributed by atoms with Gasteiger partial charge in [0.1, 0.15) is 10.8 Å². The predicted molar refractivity (Wildman–Crippen MR) is 119 cm³/mol. The molecule has 31 heavy (non-hydrogen) atoms. The molecule has 1 atom stereocenters. The number of aromatic nitrogens is 2. The van der Waals surface area contributed by atoms with Gasteiger partial charge >= 0.3 is 0 Å². The third kappa shape index (κ3) is 5.03. The fraction of sp³-hybridized carbons (Fsp3) is 0.300. The van der Waals surface area contributed by atoms with Crippen molar-refractivity contribution in [3.63, 3.8) is 0 Å². The Bertz CT molecular complexity index is 1110. The van der Waals surface area contributed by atoms with Crippen molar-refractivity contribution in [3.8, 4) is 5.75 Å². The van der Waals surface area contributed by atoms with Crippen LogP contribution in [0.15, 0.2) is 33.9 Å². The average molecular weight is 479 g/mol. The molecule has 0 unspecified atom stereocenters. The van der Waals surface area contributed by atoms with Crippen molar-refractivity contribution in [3.05, 3.63) is 51.2 Å². The normalized spacial score (nSPS) is 13.6. The lowest BCUT2D eigenvalue weighted by Crippen LogP contribution is -2.24. The van der Waals surface area contributed by atoms with Crippen molar-refractivity contribution in [2.45, 2.75) is 43.3 Å². The van der Waals surface area contributed by atoms with Crippen molar-refractivity contribution in [2.24, 2.45) is 5.73 Å². The van der Waals surface area contributed by atoms with E-state index in [9.17, 15) is 9.59 Å². The Kier molecular flexibility index (Phi) is 6.49. The first-order valence-corrected chi connectivity index (χ1v) is 11.6. The summed E-state index contributed by atoms with van der Waals surface area (Å²) in [7, 11) is 0. The maximum atomic E-state index is 12.7. The molecule has 2 amide bonds. The maximum Gasteiger partial charge on any atom is 0.277 e. The maximum absolute atomic E-state index is 12.7. The van der Waals surface area contributed by atoms with Crippen molar-refractivity contribution in [1.82, 2.24) is 10.2 Å². The second kappa shape index (κ2) is 9.29. The number of carbonyl (C=O) groups is 2. The second-order valence-corrected chi connectivity index (χ2v) is 9.71. The fourth-order valence-electron chi connectivity index (χ4n) is 3.19. The third-order valence-electron chi connectivity index (χ3n) is 4.68. The van der Waals surface area contributed by atoms with Crippen LogP contribution in [0.1, 0.15) is 40.0 Å². The third-order valence-corrected chi connectivity index (χ3v) is 7.07. The van der Waals surface area contributed by atoms with Crippen molar-refractivity contribution in [2.75, 3.05) is 5.32 Å². The number of hydrogen-bond acceptors (Lipinski definition) is 8. The van der Waals surface area contributed by atoms with Crippen LogP contribution in [-0.2, 0) is 24.2 Å². The molecule has 0 aliphatic heterocycles. The number of amides is 2. The molecular weight excluding hydrogens is 460 g/mol. The van der Waals surface area contributed by atoms with Crippen LogP contribution in [0.5, 0.6) is 5.75 Å². The van der Waals surface area contributed by atoms with Gasteiger partial charge in [-0.25, -0.2) is 0 Å². The van der Waals surface area contributed by atoms with Gasteiger partial charge in [-0.15, -0.1) is 21.5 Å². The Morgan fingerprint density at radius 1 is 1.32 bits per heavy atom. The van der Waals surface area contributed by atoms with Crippen LogP contribution in [0.4, 0.5) is 5.00 Å². The molecule has 0 saturated heterocycles. The number of thioether (sulfide) groups is 1. The molecule has 1 aromatic carbocycles. The molecule has 3 aromatic rings. The fourth-order valence-corrected chi connectivity index (χ4v) is 5.32. The SMILES string of the molecule is C[C@@H](Sc1nnc(COc2ccc(Cl)cc2)o1)C(=O)Nc1sc2c(c1C(N)=O)CCC2. The minimum atomic E-state index is -0.525. The summed E-state index contributed by atoms with van der Waals surface area (Å²) in [6.45, 7) is 1.82. The number of thiophene rings is 1. The van der Waals surface area contributed by atoms with Crippen LogP contribution in [0, 0.1) is 0 Å². The Hall–Kier alpha value is -2.56. The van der Waals surface area contributed by atoms with E-state index in [1.807, 2.05) is 0 Å². The van der Waals surface area contributed by atoms with Crippen LogP contribution in [0.2, 0.25) is 5.02 Å². The van der Waals surface area contributed by atoms with Gasteiger partial charge in [0, 0.05) is 9.90 Å². The topological polar surface area (TPSA) is 120 Å². The van der Waals surface area contributed by atoms with E-state index in [4.69, 9.17) is 26.5 Å². The second-order valence-electron chi connectivity index (χ2n) is 6.88. The van der Waals surface area contributed by atoms with Gasteiger partial charge in [-0.1, -0.05) is 23.4 Å². The first-order chi connectivity index (χ1) is 14.9. The van der Waals surface area contributed by atoms with E-state index in [2.05, 4.69) is 15.5 Å². The minimum Gasteiger partial charge on any atom is -0.484 e. The highest BCUT2D eigenvalue weighted by molar-refractivity contribution is 8.00. The van der Waals surface area contributed by atoms with Crippen molar-refractivity contribution in [1.29, 1.82) is 0 Å². The summed E-state index contributed by atoms with van der Waals surface area (Å²) in [4.78, 5) is 25.7. The van der Waals surface area contributed by atoms with Gasteiger partial charge in [0.25, 0.3) is 17.0 Å². The van der Waals surface area contributed by atoms with Gasteiger partial charge < -0.3 is 20.2 Å². The van der Waals surface area contributed by atoms with E-state index in [0.29, 0.717) is 21.3 Å². The van der Waals surface area contributed by atoms with Gasteiger partial charge in [0.2, 0.25) is 5.91 Å². The summed E-state index contributed by atoms with van der Waals surface area (Å²) < 4.78 is 11.1. The Balaban J connectivity index is 1.34. The first-order valence-electron chi connectivity index (χ1n) is 9.53. The van der Waals surface area contributed by atoms with Crippen LogP contribution in [0.3, 0.4) is 0 Å². The highest BCUT2D eigenvalue weighted by Gasteiger charge is 2.27. The van der Waals surface area contributed by atoms with Gasteiger partial charge in [0.15, 0.2) is 6.61 Å². The van der Waals surface area contributed by atoms with Crippen LogP contribution < -0.4 is 15.8 Å². The molecule has 0 radical (unpaired) electrons. The van der Waals surface area contributed by atoms with E-state index in [-0.39, 0.29) is 23.6 Å². The van der Waals surface area contributed by atoms with E-state index in [1.165, 1.54) is 11.3 Å². The number of benzene rings is 1. The summed E-state index contributed by atoms with van der Waals surface area (Å²) in [5.41, 5.74) is 6.95. The number of fused-ring (bicyclic) bond motifs is 1. The van der Waals surface area contributed by atoms with Crippen LogP contribution in [-0.4, -0.2) is 27.3 Å². The number of anilines is 1. The van der Waals surface area contributed by atoms with Gasteiger partial charge in [-0.2, -0.15) is 0 Å². The van der Waals surface area contributed by atoms with E-state index >= 15 is 0 Å². The molecule has 0 saturated carbocycles. The predicted octanol–water partition coefficient (Wildman–Crippen LogP) is 4.07. The summed E-state index contributed by atoms with van der Waals surface area (Å²) in [5.74, 6) is 0.121. The zero-order chi connectivity index (χ0) is 22.0. The number of nitrogens with zero attached hydrogens (tertiary/aromatic N) is 2. The molecule has 2 heterocycles. The highest BCUT2D eigenvalue weighted by atomic mass is 35.5. The number of carbonyl (C=O) groups excluding carboxylic acids is 2. The number of nitrogens with two attached hydrogens (primary N) is 1. The molecule has 1 aliphatic rings. The molecule has 0 bridgehead atoms. The number of nitrogens with one attached hydrogen (secondary N) is 1. The number of halogens is 1. The number of aryl methyl sites for hydroxylation is 1. The van der Waals surface area contributed by atoms with Crippen LogP contribution in [0.25, 0.3) is 0 Å². The molecule has 8 nitrogen and oxygen atoms in total. The van der Waals surface area contributed by atoms with Crippen molar-refractivity contribution >= 4 is 51.5 Å². The quantitative estimate of drug-likeness (QED) is 0.468. The molecule has 0 fully saturated rings. The standard InChI is InChI=1S/C20H19ClN4O4S2/c1-10(18(27)23-19-16(17(22)26)13-3-2-4-14(13)31-19)30-20-25-24-15(29-20)9-28-12-7-5-11(21)6-8-12/h5-8,10H,2-4,9H2,1H3,(H2,22,26)(H,23,27)/t10-/m1/s1. The molecule has 1 aliphatic carbocycles. The number of rotatable bonds is 8. The molecule has 162 valence electrons. The Labute approximate surface area is 191 Å². The monoisotopic (exact) mass is 478 g/mol. The van der Waals surface area contributed by atoms with Gasteiger partial charge in [-0.3, -0.25) is 9.59 Å². The zero-order valence-corrected chi connectivity index (χ0v) is 18.9. The summed E-state index contributed by atoms with van der Waals surface area (Å²) >= 11 is 8.39. The highest BCUT2D eigenvalue weighted by Crippen LogP contribution is 2.39. The van der Waals surface area contributed by atoms with Crippen molar-refractivity contribution < 1.29 is 18.7 Å². The molecule has 3 N–H and O–H groups in total. The summed E-state index contributed by atoms with van der Waals surface area (Å²) in [6.07, 6.45) is 2.72. The zero-order valence-electron chi connectivity index (χ0n) is 16.5. The van der Waals surface area contributed by atoms with Gasteiger partial charge in [-0.05, 0) is 56.0 Å². The minimum absolute atomic E-state index is 0.0957. The van der Waals surface area contributed by atoms with E-state index in [1.54, 1.807) is 31.2 Å². The lowest BCUT2D eigenvalue weighted by Gasteiger charge is -2.10. The number of hydrogen-bond donors (Lipinski definition) is 2. The number of ether oxygens (including phenoxy) is 1. The van der Waals surface area contributed by atoms with E-state index < -0.39 is 11.2 Å². The summed E-state index contributed by atoms with van der Waals surface area (Å²) in [6, 6.07) is 6.92. The van der Waals surface area contributed by atoms with Crippen LogP contribution >= 0.6 is 34.7 Å². The Morgan fingerprint density at radius 2 is 2.10 bits per heavy atom. The molecule has 0 spiro atoms. The molecule has 4 rings (SSSR count). The largest absolute Gasteiger partial charge is 0.484 e. The smallest absolute Gasteiger partial charge is 0.277 e. The molecular formula is C20H19ClN4O4S2. The lowest BCUT2D eigenvalue weighted by atomic mass is 10.1. The average Bonchev–Trinajstić information content (AvgIpc) is 3.43. The first kappa shape index (κ1) is 21.7. The molecule has 11 heteroatoms. The van der Waals surface area contributed by atoms with Gasteiger partial charge in [0.05, 0.1) is 10.8 Å². The number of primary amides is 1. The summed E-state index contributed by atoms with van der Waals surface area (Å²) in [5, 5.41) is 11.6. The van der Waals surface area contributed by atoms with E-state index in [0.717, 1.165) is 41.5 Å². The molecule has 2 aromatic heterocycles.